The van der Waals surface area contributed by atoms with E-state index >= 15 is 0 Å². The van der Waals surface area contributed by atoms with Crippen LogP contribution in [0.15, 0.2) is 0 Å². The van der Waals surface area contributed by atoms with Crippen LogP contribution in [0.1, 0.15) is 59.3 Å². The van der Waals surface area contributed by atoms with Crippen molar-refractivity contribution >= 4 is 0 Å². The van der Waals surface area contributed by atoms with E-state index in [-0.39, 0.29) is 5.54 Å². The number of hydrogen-bond acceptors (Lipinski definition) is 3. The zero-order chi connectivity index (χ0) is 14.8. The third-order valence-corrected chi connectivity index (χ3v) is 5.83. The van der Waals surface area contributed by atoms with Gasteiger partial charge >= 0.3 is 0 Å². The highest BCUT2D eigenvalue weighted by molar-refractivity contribution is 4.97. The van der Waals surface area contributed by atoms with E-state index in [4.69, 9.17) is 10.5 Å². The standard InChI is InChI=1S/C17H34N2O/c1-16(2,3)14-7-9-17(13-18,10-8-14)19(4)12-15-6-5-11-20-15/h14-15H,5-13,18H2,1-4H3. The Morgan fingerprint density at radius 1 is 1.20 bits per heavy atom. The van der Waals surface area contributed by atoms with Gasteiger partial charge in [0, 0.05) is 25.2 Å². The van der Waals surface area contributed by atoms with Crippen LogP contribution in [0.5, 0.6) is 0 Å². The van der Waals surface area contributed by atoms with Gasteiger partial charge in [0.25, 0.3) is 0 Å². The molecule has 0 spiro atoms. The molecule has 118 valence electrons. The first-order chi connectivity index (χ1) is 9.37. The molecule has 3 heteroatoms. The molecular weight excluding hydrogens is 248 g/mol. The molecule has 1 saturated carbocycles. The number of ether oxygens (including phenoxy) is 1. The maximum absolute atomic E-state index is 6.19. The van der Waals surface area contributed by atoms with Crippen molar-refractivity contribution in [2.45, 2.75) is 70.9 Å². The average Bonchev–Trinajstić information content (AvgIpc) is 2.90. The first kappa shape index (κ1) is 16.3. The lowest BCUT2D eigenvalue weighted by Crippen LogP contribution is -2.56. The van der Waals surface area contributed by atoms with E-state index in [1.54, 1.807) is 0 Å². The van der Waals surface area contributed by atoms with E-state index in [0.29, 0.717) is 11.5 Å². The van der Waals surface area contributed by atoms with Gasteiger partial charge in [-0.25, -0.2) is 0 Å². The molecule has 3 nitrogen and oxygen atoms in total. The summed E-state index contributed by atoms with van der Waals surface area (Å²) in [6, 6.07) is 0. The van der Waals surface area contributed by atoms with Crippen LogP contribution >= 0.6 is 0 Å². The monoisotopic (exact) mass is 282 g/mol. The van der Waals surface area contributed by atoms with Crippen LogP contribution in [0, 0.1) is 11.3 Å². The Kier molecular flexibility index (Phi) is 5.14. The lowest BCUT2D eigenvalue weighted by atomic mass is 9.67. The van der Waals surface area contributed by atoms with Crippen LogP contribution in [0.4, 0.5) is 0 Å². The van der Waals surface area contributed by atoms with Crippen molar-refractivity contribution in [2.75, 3.05) is 26.7 Å². The zero-order valence-corrected chi connectivity index (χ0v) is 14.0. The Morgan fingerprint density at radius 2 is 1.85 bits per heavy atom. The maximum Gasteiger partial charge on any atom is 0.0702 e. The molecule has 0 aromatic rings. The van der Waals surface area contributed by atoms with Gasteiger partial charge < -0.3 is 10.5 Å². The minimum absolute atomic E-state index is 0.216. The van der Waals surface area contributed by atoms with Crippen molar-refractivity contribution in [1.29, 1.82) is 0 Å². The third kappa shape index (κ3) is 3.55. The highest BCUT2D eigenvalue weighted by Gasteiger charge is 2.41. The van der Waals surface area contributed by atoms with Gasteiger partial charge in [0.1, 0.15) is 0 Å². The largest absolute Gasteiger partial charge is 0.377 e. The van der Waals surface area contributed by atoms with E-state index in [2.05, 4.69) is 32.7 Å². The Hall–Kier alpha value is -0.120. The first-order valence-corrected chi connectivity index (χ1v) is 8.40. The molecule has 2 rings (SSSR count). The quantitative estimate of drug-likeness (QED) is 0.861. The minimum Gasteiger partial charge on any atom is -0.377 e. The summed E-state index contributed by atoms with van der Waals surface area (Å²) in [5, 5.41) is 0. The van der Waals surface area contributed by atoms with Crippen molar-refractivity contribution in [1.82, 2.24) is 4.90 Å². The molecule has 20 heavy (non-hydrogen) atoms. The molecular formula is C17H34N2O. The molecule has 1 aliphatic heterocycles. The number of nitrogens with two attached hydrogens (primary N) is 1. The van der Waals surface area contributed by atoms with Gasteiger partial charge in [0.2, 0.25) is 0 Å². The van der Waals surface area contributed by atoms with Crippen molar-refractivity contribution in [3.05, 3.63) is 0 Å². The molecule has 0 radical (unpaired) electrons. The molecule has 1 saturated heterocycles. The third-order valence-electron chi connectivity index (χ3n) is 5.83. The van der Waals surface area contributed by atoms with Gasteiger partial charge in [-0.2, -0.15) is 0 Å². The van der Waals surface area contributed by atoms with E-state index in [9.17, 15) is 0 Å². The van der Waals surface area contributed by atoms with Crippen molar-refractivity contribution < 1.29 is 4.74 Å². The number of likely N-dealkylation sites (N-methyl/N-ethyl adjacent to an activating group) is 1. The maximum atomic E-state index is 6.19. The van der Waals surface area contributed by atoms with Gasteiger partial charge in [-0.15, -0.1) is 0 Å². The van der Waals surface area contributed by atoms with E-state index in [0.717, 1.165) is 25.6 Å². The normalized spacial score (nSPS) is 35.7. The van der Waals surface area contributed by atoms with Gasteiger partial charge in [-0.1, -0.05) is 20.8 Å². The van der Waals surface area contributed by atoms with Crippen LogP contribution in [0.3, 0.4) is 0 Å². The Bertz CT molecular complexity index is 297. The summed E-state index contributed by atoms with van der Waals surface area (Å²) in [4.78, 5) is 2.52. The number of hydrogen-bond donors (Lipinski definition) is 1. The van der Waals surface area contributed by atoms with Gasteiger partial charge in [0.15, 0.2) is 0 Å². The molecule has 1 atom stereocenters. The van der Waals surface area contributed by atoms with E-state index in [1.807, 2.05) is 0 Å². The Labute approximate surface area is 125 Å². The van der Waals surface area contributed by atoms with Crippen molar-refractivity contribution in [3.8, 4) is 0 Å². The fourth-order valence-electron chi connectivity index (χ4n) is 4.05. The summed E-state index contributed by atoms with van der Waals surface area (Å²) in [5.41, 5.74) is 6.84. The lowest BCUT2D eigenvalue weighted by molar-refractivity contribution is 0.00135. The fraction of sp³-hybridized carbons (Fsp3) is 1.00. The van der Waals surface area contributed by atoms with Crippen molar-refractivity contribution in [3.63, 3.8) is 0 Å². The molecule has 0 amide bonds. The second kappa shape index (κ2) is 6.33. The van der Waals surface area contributed by atoms with Crippen LogP contribution in [-0.4, -0.2) is 43.3 Å². The molecule has 1 aliphatic carbocycles. The smallest absolute Gasteiger partial charge is 0.0702 e. The summed E-state index contributed by atoms with van der Waals surface area (Å²) < 4.78 is 5.80. The van der Waals surface area contributed by atoms with Crippen LogP contribution < -0.4 is 5.73 Å². The highest BCUT2D eigenvalue weighted by atomic mass is 16.5. The topological polar surface area (TPSA) is 38.5 Å². The number of nitrogens with zero attached hydrogens (tertiary/aromatic N) is 1. The predicted octanol–water partition coefficient (Wildman–Crippen LogP) is 3.03. The second-order valence-corrected chi connectivity index (χ2v) is 8.08. The molecule has 0 aromatic heterocycles. The first-order valence-electron chi connectivity index (χ1n) is 8.40. The molecule has 0 aromatic carbocycles. The lowest BCUT2D eigenvalue weighted by Gasteiger charge is -2.49. The molecule has 1 unspecified atom stereocenters. The SMILES string of the molecule is CN(CC1CCCO1)C1(CN)CCC(C(C)(C)C)CC1. The van der Waals surface area contributed by atoms with Gasteiger partial charge in [-0.05, 0) is 56.9 Å². The Balaban J connectivity index is 1.93. The van der Waals surface area contributed by atoms with Crippen LogP contribution in [0.2, 0.25) is 0 Å². The second-order valence-electron chi connectivity index (χ2n) is 8.08. The Morgan fingerprint density at radius 3 is 2.30 bits per heavy atom. The summed E-state index contributed by atoms with van der Waals surface area (Å²) in [5.74, 6) is 0.846. The summed E-state index contributed by atoms with van der Waals surface area (Å²) in [7, 11) is 2.26. The zero-order valence-electron chi connectivity index (χ0n) is 14.0. The van der Waals surface area contributed by atoms with Crippen LogP contribution in [0.25, 0.3) is 0 Å². The minimum atomic E-state index is 0.216. The summed E-state index contributed by atoms with van der Waals surface area (Å²) >= 11 is 0. The number of rotatable bonds is 4. The summed E-state index contributed by atoms with van der Waals surface area (Å²) in [6.07, 6.45) is 8.00. The summed E-state index contributed by atoms with van der Waals surface area (Å²) in [6.45, 7) is 9.92. The average molecular weight is 282 g/mol. The molecule has 2 fully saturated rings. The van der Waals surface area contributed by atoms with Crippen LogP contribution in [-0.2, 0) is 4.74 Å². The van der Waals surface area contributed by atoms with E-state index in [1.165, 1.54) is 38.5 Å². The predicted molar refractivity (Wildman–Crippen MR) is 84.8 cm³/mol. The van der Waals surface area contributed by atoms with E-state index < -0.39 is 0 Å². The molecule has 2 aliphatic rings. The van der Waals surface area contributed by atoms with Gasteiger partial charge in [0.05, 0.1) is 6.10 Å². The fourth-order valence-corrected chi connectivity index (χ4v) is 4.05. The van der Waals surface area contributed by atoms with Gasteiger partial charge in [-0.3, -0.25) is 4.90 Å². The molecule has 0 bridgehead atoms. The van der Waals surface area contributed by atoms with Crippen molar-refractivity contribution in [2.24, 2.45) is 17.1 Å². The molecule has 1 heterocycles. The molecule has 2 N–H and O–H groups in total. The highest BCUT2D eigenvalue weighted by Crippen LogP contribution is 2.43.